The van der Waals surface area contributed by atoms with Crippen LogP contribution in [-0.4, -0.2) is 23.1 Å². The molecule has 0 amide bonds. The van der Waals surface area contributed by atoms with Gasteiger partial charge in [0.1, 0.15) is 5.82 Å². The lowest BCUT2D eigenvalue weighted by molar-refractivity contribution is 0.686. The van der Waals surface area contributed by atoms with Gasteiger partial charge in [-0.15, -0.1) is 0 Å². The second-order valence-corrected chi connectivity index (χ2v) is 5.81. The van der Waals surface area contributed by atoms with Gasteiger partial charge in [-0.3, -0.25) is 4.98 Å². The third-order valence-electron chi connectivity index (χ3n) is 3.69. The van der Waals surface area contributed by atoms with Crippen molar-refractivity contribution in [3.8, 4) is 0 Å². The topological polar surface area (TPSA) is 41.0 Å². The van der Waals surface area contributed by atoms with Gasteiger partial charge in [0, 0.05) is 31.5 Å². The van der Waals surface area contributed by atoms with E-state index in [9.17, 15) is 0 Å². The molecule has 1 saturated carbocycles. The van der Waals surface area contributed by atoms with E-state index in [0.29, 0.717) is 0 Å². The van der Waals surface area contributed by atoms with Crippen molar-refractivity contribution < 1.29 is 0 Å². The fourth-order valence-electron chi connectivity index (χ4n) is 2.38. The zero-order valence-corrected chi connectivity index (χ0v) is 12.7. The molecule has 0 bridgehead atoms. The van der Waals surface area contributed by atoms with Gasteiger partial charge in [-0.1, -0.05) is 6.07 Å². The Bertz CT molecular complexity index is 593. The van der Waals surface area contributed by atoms with Gasteiger partial charge in [0.05, 0.1) is 12.2 Å². The van der Waals surface area contributed by atoms with Crippen LogP contribution in [-0.2, 0) is 13.1 Å². The van der Waals surface area contributed by atoms with Crippen molar-refractivity contribution in [2.45, 2.75) is 38.9 Å². The molecule has 4 heteroatoms. The molecule has 1 N–H and O–H groups in total. The minimum atomic E-state index is 0.730. The average Bonchev–Trinajstić information content (AvgIpc) is 3.30. The Morgan fingerprint density at radius 1 is 1.29 bits per heavy atom. The molecule has 1 fully saturated rings. The first kappa shape index (κ1) is 14.0. The van der Waals surface area contributed by atoms with Crippen LogP contribution in [0, 0.1) is 6.92 Å². The molecule has 3 rings (SSSR count). The molecule has 4 nitrogen and oxygen atoms in total. The van der Waals surface area contributed by atoms with E-state index < -0.39 is 0 Å². The summed E-state index contributed by atoms with van der Waals surface area (Å²) in [5.41, 5.74) is 3.42. The maximum Gasteiger partial charge on any atom is 0.129 e. The molecule has 0 saturated heterocycles. The van der Waals surface area contributed by atoms with E-state index >= 15 is 0 Å². The minimum Gasteiger partial charge on any atom is -0.354 e. The molecular weight excluding hydrogens is 260 g/mol. The largest absolute Gasteiger partial charge is 0.354 e. The summed E-state index contributed by atoms with van der Waals surface area (Å²) in [7, 11) is 2.06. The van der Waals surface area contributed by atoms with Crippen LogP contribution in [0.3, 0.4) is 0 Å². The second kappa shape index (κ2) is 6.22. The summed E-state index contributed by atoms with van der Waals surface area (Å²) in [6, 6.07) is 11.1. The molecule has 110 valence electrons. The van der Waals surface area contributed by atoms with Crippen LogP contribution in [0.1, 0.15) is 29.8 Å². The van der Waals surface area contributed by atoms with Gasteiger partial charge in [-0.05, 0) is 49.6 Å². The van der Waals surface area contributed by atoms with Crippen molar-refractivity contribution in [3.63, 3.8) is 0 Å². The fraction of sp³-hybridized carbons (Fsp3) is 0.412. The number of aryl methyl sites for hydroxylation is 1. The smallest absolute Gasteiger partial charge is 0.129 e. The lowest BCUT2D eigenvalue weighted by Gasteiger charge is -2.19. The van der Waals surface area contributed by atoms with E-state index in [1.807, 2.05) is 24.4 Å². The summed E-state index contributed by atoms with van der Waals surface area (Å²) < 4.78 is 0. The van der Waals surface area contributed by atoms with Gasteiger partial charge in [0.2, 0.25) is 0 Å². The Kier molecular flexibility index (Phi) is 4.15. The van der Waals surface area contributed by atoms with Crippen molar-refractivity contribution >= 4 is 5.82 Å². The normalized spacial score (nSPS) is 14.2. The van der Waals surface area contributed by atoms with Crippen LogP contribution >= 0.6 is 0 Å². The molecule has 0 aliphatic heterocycles. The molecule has 1 aliphatic carbocycles. The number of rotatable bonds is 6. The molecule has 0 atom stereocenters. The van der Waals surface area contributed by atoms with Gasteiger partial charge in [0.25, 0.3) is 0 Å². The van der Waals surface area contributed by atoms with Crippen molar-refractivity contribution in [1.29, 1.82) is 0 Å². The van der Waals surface area contributed by atoms with Gasteiger partial charge >= 0.3 is 0 Å². The summed E-state index contributed by atoms with van der Waals surface area (Å²) in [4.78, 5) is 11.2. The highest BCUT2D eigenvalue weighted by Gasteiger charge is 2.20. The highest BCUT2D eigenvalue weighted by atomic mass is 15.2. The number of aromatic nitrogens is 2. The van der Waals surface area contributed by atoms with Crippen LogP contribution in [0.5, 0.6) is 0 Å². The summed E-state index contributed by atoms with van der Waals surface area (Å²) >= 11 is 0. The lowest BCUT2D eigenvalue weighted by Crippen LogP contribution is -2.20. The monoisotopic (exact) mass is 282 g/mol. The molecule has 2 heterocycles. The number of anilines is 1. The first-order chi connectivity index (χ1) is 10.2. The highest BCUT2D eigenvalue weighted by molar-refractivity contribution is 5.42. The predicted molar refractivity (Wildman–Crippen MR) is 85.2 cm³/mol. The Morgan fingerprint density at radius 2 is 2.14 bits per heavy atom. The fourth-order valence-corrected chi connectivity index (χ4v) is 2.38. The second-order valence-electron chi connectivity index (χ2n) is 5.81. The molecule has 2 aromatic heterocycles. The van der Waals surface area contributed by atoms with Gasteiger partial charge in [-0.2, -0.15) is 0 Å². The third-order valence-corrected chi connectivity index (χ3v) is 3.69. The summed E-state index contributed by atoms with van der Waals surface area (Å²) in [6.45, 7) is 3.75. The number of hydrogen-bond acceptors (Lipinski definition) is 4. The van der Waals surface area contributed by atoms with Crippen LogP contribution in [0.2, 0.25) is 0 Å². The quantitative estimate of drug-likeness (QED) is 0.884. The minimum absolute atomic E-state index is 0.730. The molecule has 0 aromatic carbocycles. The zero-order valence-electron chi connectivity index (χ0n) is 12.7. The standard InChI is InChI=1S/C17H22N4/c1-13-9-14(11-19-15-6-7-15)10-17(20-13)21(2)12-16-5-3-4-8-18-16/h3-5,8-10,15,19H,6-7,11-12H2,1-2H3. The Morgan fingerprint density at radius 3 is 2.86 bits per heavy atom. The molecule has 2 aromatic rings. The zero-order chi connectivity index (χ0) is 14.7. The Balaban J connectivity index is 1.70. The predicted octanol–water partition coefficient (Wildman–Crippen LogP) is 2.67. The Labute approximate surface area is 126 Å². The number of nitrogens with one attached hydrogen (secondary N) is 1. The summed E-state index contributed by atoms with van der Waals surface area (Å²) in [5, 5.41) is 3.56. The lowest BCUT2D eigenvalue weighted by atomic mass is 10.2. The van der Waals surface area contributed by atoms with E-state index in [-0.39, 0.29) is 0 Å². The highest BCUT2D eigenvalue weighted by Crippen LogP contribution is 2.20. The maximum absolute atomic E-state index is 4.64. The maximum atomic E-state index is 4.64. The summed E-state index contributed by atoms with van der Waals surface area (Å²) in [5.74, 6) is 1.01. The van der Waals surface area contributed by atoms with Crippen molar-refractivity contribution in [1.82, 2.24) is 15.3 Å². The third kappa shape index (κ3) is 4.02. The van der Waals surface area contributed by atoms with Crippen molar-refractivity contribution in [2.24, 2.45) is 0 Å². The first-order valence-electron chi connectivity index (χ1n) is 7.53. The van der Waals surface area contributed by atoms with E-state index in [4.69, 9.17) is 0 Å². The van der Waals surface area contributed by atoms with E-state index in [1.54, 1.807) is 0 Å². The van der Waals surface area contributed by atoms with Gasteiger partial charge in [0.15, 0.2) is 0 Å². The van der Waals surface area contributed by atoms with Crippen LogP contribution in [0.15, 0.2) is 36.5 Å². The number of hydrogen-bond donors (Lipinski definition) is 1. The molecule has 0 unspecified atom stereocenters. The van der Waals surface area contributed by atoms with Crippen LogP contribution < -0.4 is 10.2 Å². The van der Waals surface area contributed by atoms with E-state index in [2.05, 4.69) is 46.3 Å². The first-order valence-corrected chi connectivity index (χ1v) is 7.53. The van der Waals surface area contributed by atoms with Crippen molar-refractivity contribution in [2.75, 3.05) is 11.9 Å². The molecule has 1 aliphatic rings. The molecule has 0 spiro atoms. The van der Waals surface area contributed by atoms with Crippen LogP contribution in [0.25, 0.3) is 0 Å². The number of pyridine rings is 2. The van der Waals surface area contributed by atoms with Gasteiger partial charge in [-0.25, -0.2) is 4.98 Å². The SMILES string of the molecule is Cc1cc(CNC2CC2)cc(N(C)Cc2ccccn2)n1. The number of nitrogens with zero attached hydrogens (tertiary/aromatic N) is 3. The molecule has 21 heavy (non-hydrogen) atoms. The molecular formula is C17H22N4. The van der Waals surface area contributed by atoms with Crippen LogP contribution in [0.4, 0.5) is 5.82 Å². The van der Waals surface area contributed by atoms with Gasteiger partial charge < -0.3 is 10.2 Å². The van der Waals surface area contributed by atoms with Crippen molar-refractivity contribution in [3.05, 3.63) is 53.5 Å². The summed E-state index contributed by atoms with van der Waals surface area (Å²) in [6.07, 6.45) is 4.46. The van der Waals surface area contributed by atoms with E-state index in [1.165, 1.54) is 18.4 Å². The Hall–Kier alpha value is -1.94. The molecule has 0 radical (unpaired) electrons. The van der Waals surface area contributed by atoms with E-state index in [0.717, 1.165) is 36.3 Å². The average molecular weight is 282 g/mol.